The molecule has 0 unspecified atom stereocenters. The summed E-state index contributed by atoms with van der Waals surface area (Å²) >= 11 is 0. The summed E-state index contributed by atoms with van der Waals surface area (Å²) in [5.74, 6) is -0.921. The summed E-state index contributed by atoms with van der Waals surface area (Å²) in [7, 11) is 0. The van der Waals surface area contributed by atoms with Gasteiger partial charge in [-0.2, -0.15) is 0 Å². The average molecular weight is 279 g/mol. The molecule has 5 heteroatoms. The van der Waals surface area contributed by atoms with Crippen molar-refractivity contribution in [3.8, 4) is 0 Å². The monoisotopic (exact) mass is 279 g/mol. The molecule has 1 aromatic rings. The normalized spacial score (nSPS) is 10.1. The first-order valence-electron chi connectivity index (χ1n) is 6.77. The van der Waals surface area contributed by atoms with E-state index in [4.69, 9.17) is 15.2 Å². The smallest absolute Gasteiger partial charge is 0.344 e. The largest absolute Gasteiger partial charge is 0.463 e. The fourth-order valence-electron chi connectivity index (χ4n) is 1.58. The minimum atomic E-state index is -0.504. The molecule has 0 fully saturated rings. The zero-order valence-electron chi connectivity index (χ0n) is 11.8. The van der Waals surface area contributed by atoms with E-state index in [1.54, 1.807) is 6.07 Å². The minimum absolute atomic E-state index is 0.214. The van der Waals surface area contributed by atoms with Gasteiger partial charge in [0.1, 0.15) is 0 Å². The molecule has 0 aliphatic rings. The number of anilines is 1. The number of esters is 2. The van der Waals surface area contributed by atoms with Crippen molar-refractivity contribution in [2.45, 2.75) is 32.6 Å². The van der Waals surface area contributed by atoms with Crippen LogP contribution in [0.5, 0.6) is 0 Å². The van der Waals surface area contributed by atoms with E-state index in [0.29, 0.717) is 18.7 Å². The number of hydrogen-bond acceptors (Lipinski definition) is 5. The number of hydrogen-bond donors (Lipinski definition) is 1. The third-order valence-electron chi connectivity index (χ3n) is 2.68. The predicted octanol–water partition coefficient (Wildman–Crippen LogP) is 2.09. The lowest BCUT2D eigenvalue weighted by molar-refractivity contribution is -0.158. The van der Waals surface area contributed by atoms with Gasteiger partial charge in [-0.25, -0.2) is 4.79 Å². The van der Waals surface area contributed by atoms with Crippen molar-refractivity contribution in [3.63, 3.8) is 0 Å². The first-order valence-corrected chi connectivity index (χ1v) is 6.77. The first kappa shape index (κ1) is 16.0. The summed E-state index contributed by atoms with van der Waals surface area (Å²) in [5, 5.41) is 0. The number of rotatable bonds is 8. The van der Waals surface area contributed by atoms with Crippen LogP contribution in [-0.2, 0) is 25.5 Å². The molecule has 5 nitrogen and oxygen atoms in total. The number of aryl methyl sites for hydroxylation is 1. The summed E-state index contributed by atoms with van der Waals surface area (Å²) < 4.78 is 9.72. The van der Waals surface area contributed by atoms with Gasteiger partial charge in [-0.15, -0.1) is 0 Å². The molecule has 0 saturated carbocycles. The quantitative estimate of drug-likeness (QED) is 0.448. The van der Waals surface area contributed by atoms with E-state index < -0.39 is 11.9 Å². The van der Waals surface area contributed by atoms with Crippen LogP contribution < -0.4 is 5.73 Å². The molecule has 0 bridgehead atoms. The lowest BCUT2D eigenvalue weighted by atomic mass is 10.1. The Morgan fingerprint density at radius 3 is 2.70 bits per heavy atom. The average Bonchev–Trinajstić information content (AvgIpc) is 2.43. The van der Waals surface area contributed by atoms with E-state index in [9.17, 15) is 9.59 Å². The Morgan fingerprint density at radius 2 is 2.00 bits per heavy atom. The molecule has 0 amide bonds. The molecule has 0 heterocycles. The second-order valence-corrected chi connectivity index (χ2v) is 4.48. The fourth-order valence-corrected chi connectivity index (χ4v) is 1.58. The number of carbonyl (C=O) groups is 2. The van der Waals surface area contributed by atoms with Gasteiger partial charge in [0.2, 0.25) is 0 Å². The second-order valence-electron chi connectivity index (χ2n) is 4.48. The molecule has 20 heavy (non-hydrogen) atoms. The molecular formula is C15H21NO4. The highest BCUT2D eigenvalue weighted by Crippen LogP contribution is 2.09. The maximum atomic E-state index is 11.5. The van der Waals surface area contributed by atoms with E-state index in [1.807, 2.05) is 25.1 Å². The van der Waals surface area contributed by atoms with E-state index >= 15 is 0 Å². The van der Waals surface area contributed by atoms with Crippen molar-refractivity contribution in [3.05, 3.63) is 29.8 Å². The third kappa shape index (κ3) is 6.78. The summed E-state index contributed by atoms with van der Waals surface area (Å²) in [6.45, 7) is 2.06. The van der Waals surface area contributed by atoms with Gasteiger partial charge in [-0.3, -0.25) is 4.79 Å². The van der Waals surface area contributed by atoms with Crippen LogP contribution in [0.3, 0.4) is 0 Å². The van der Waals surface area contributed by atoms with Gasteiger partial charge in [-0.05, 0) is 30.5 Å². The maximum absolute atomic E-state index is 11.5. The molecule has 0 saturated heterocycles. The number of nitrogens with two attached hydrogens (primary N) is 1. The van der Waals surface area contributed by atoms with Crippen LogP contribution >= 0.6 is 0 Å². The van der Waals surface area contributed by atoms with Crippen molar-refractivity contribution < 1.29 is 19.1 Å². The van der Waals surface area contributed by atoms with Crippen molar-refractivity contribution in [1.82, 2.24) is 0 Å². The molecule has 0 atom stereocenters. The highest BCUT2D eigenvalue weighted by Gasteiger charge is 2.08. The van der Waals surface area contributed by atoms with Crippen molar-refractivity contribution >= 4 is 17.6 Å². The van der Waals surface area contributed by atoms with Crippen molar-refractivity contribution in [1.29, 1.82) is 0 Å². The SMILES string of the molecule is CCCCOC(=O)COC(=O)CCc1cccc(N)c1. The van der Waals surface area contributed by atoms with E-state index in [-0.39, 0.29) is 13.0 Å². The van der Waals surface area contributed by atoms with Crippen molar-refractivity contribution in [2.75, 3.05) is 18.9 Å². The summed E-state index contributed by atoms with van der Waals surface area (Å²) in [5.41, 5.74) is 7.27. The lowest BCUT2D eigenvalue weighted by Crippen LogP contribution is -2.17. The maximum Gasteiger partial charge on any atom is 0.344 e. The molecule has 0 aliphatic heterocycles. The topological polar surface area (TPSA) is 78.6 Å². The second kappa shape index (κ2) is 8.96. The van der Waals surface area contributed by atoms with E-state index in [0.717, 1.165) is 18.4 Å². The predicted molar refractivity (Wildman–Crippen MR) is 76.0 cm³/mol. The Kier molecular flexibility index (Phi) is 7.17. The first-order chi connectivity index (χ1) is 9.61. The summed E-state index contributed by atoms with van der Waals surface area (Å²) in [4.78, 5) is 22.7. The molecule has 0 spiro atoms. The molecule has 0 aliphatic carbocycles. The van der Waals surface area contributed by atoms with Gasteiger partial charge in [0.25, 0.3) is 0 Å². The molecule has 2 N–H and O–H groups in total. The molecule has 1 aromatic carbocycles. The van der Waals surface area contributed by atoms with Gasteiger partial charge < -0.3 is 15.2 Å². The highest BCUT2D eigenvalue weighted by atomic mass is 16.6. The molecule has 0 radical (unpaired) electrons. The molecule has 110 valence electrons. The summed E-state index contributed by atoms with van der Waals surface area (Å²) in [6, 6.07) is 7.32. The Labute approximate surface area is 119 Å². The fraction of sp³-hybridized carbons (Fsp3) is 0.467. The molecular weight excluding hydrogens is 258 g/mol. The molecule has 0 aromatic heterocycles. The van der Waals surface area contributed by atoms with Crippen LogP contribution in [0.15, 0.2) is 24.3 Å². The van der Waals surface area contributed by atoms with Crippen molar-refractivity contribution in [2.24, 2.45) is 0 Å². The Bertz CT molecular complexity index is 445. The number of benzene rings is 1. The van der Waals surface area contributed by atoms with Gasteiger partial charge >= 0.3 is 11.9 Å². The van der Waals surface area contributed by atoms with Gasteiger partial charge in [0, 0.05) is 12.1 Å². The highest BCUT2D eigenvalue weighted by molar-refractivity contribution is 5.76. The molecule has 1 rings (SSSR count). The van der Waals surface area contributed by atoms with E-state index in [2.05, 4.69) is 0 Å². The lowest BCUT2D eigenvalue weighted by Gasteiger charge is -2.06. The van der Waals surface area contributed by atoms with Gasteiger partial charge in [0.05, 0.1) is 6.61 Å². The third-order valence-corrected chi connectivity index (χ3v) is 2.68. The Hall–Kier alpha value is -2.04. The summed E-state index contributed by atoms with van der Waals surface area (Å²) in [6.07, 6.45) is 2.52. The zero-order chi connectivity index (χ0) is 14.8. The van der Waals surface area contributed by atoms with E-state index in [1.165, 1.54) is 0 Å². The van der Waals surface area contributed by atoms with Crippen LogP contribution in [0.2, 0.25) is 0 Å². The zero-order valence-corrected chi connectivity index (χ0v) is 11.8. The van der Waals surface area contributed by atoms with Crippen LogP contribution in [0, 0.1) is 0 Å². The van der Waals surface area contributed by atoms with Crippen LogP contribution in [0.1, 0.15) is 31.7 Å². The Morgan fingerprint density at radius 1 is 1.20 bits per heavy atom. The van der Waals surface area contributed by atoms with Gasteiger partial charge in [0.15, 0.2) is 6.61 Å². The standard InChI is InChI=1S/C15H21NO4/c1-2-3-9-19-15(18)11-20-14(17)8-7-12-5-4-6-13(16)10-12/h4-6,10H,2-3,7-9,11,16H2,1H3. The van der Waals surface area contributed by atoms with Crippen LogP contribution in [0.25, 0.3) is 0 Å². The number of carbonyl (C=O) groups excluding carboxylic acids is 2. The van der Waals surface area contributed by atoms with Gasteiger partial charge in [-0.1, -0.05) is 25.5 Å². The number of unbranched alkanes of at least 4 members (excludes halogenated alkanes) is 1. The number of ether oxygens (including phenoxy) is 2. The van der Waals surface area contributed by atoms with Crippen LogP contribution in [0.4, 0.5) is 5.69 Å². The Balaban J connectivity index is 2.19. The van der Waals surface area contributed by atoms with Crippen LogP contribution in [-0.4, -0.2) is 25.2 Å². The minimum Gasteiger partial charge on any atom is -0.463 e. The number of nitrogen functional groups attached to an aromatic ring is 1.